The summed E-state index contributed by atoms with van der Waals surface area (Å²) in [5, 5.41) is 10.2. The number of ether oxygens (including phenoxy) is 2. The number of hydrogen-bond donors (Lipinski definition) is 1. The highest BCUT2D eigenvalue weighted by atomic mass is 35.5. The van der Waals surface area contributed by atoms with E-state index in [-0.39, 0.29) is 6.10 Å². The van der Waals surface area contributed by atoms with E-state index >= 15 is 0 Å². The van der Waals surface area contributed by atoms with Crippen molar-refractivity contribution < 1.29 is 14.6 Å². The van der Waals surface area contributed by atoms with Gasteiger partial charge in [0.05, 0.1) is 18.8 Å². The maximum Gasteiger partial charge on any atom is 0.125 e. The normalized spacial score (nSPS) is 12.8. The summed E-state index contributed by atoms with van der Waals surface area (Å²) in [7, 11) is 0. The summed E-state index contributed by atoms with van der Waals surface area (Å²) >= 11 is 5.87. The van der Waals surface area contributed by atoms with Gasteiger partial charge in [-0.2, -0.15) is 0 Å². The molecular formula is C13H19ClO3. The average molecular weight is 259 g/mol. The van der Waals surface area contributed by atoms with E-state index in [9.17, 15) is 5.11 Å². The lowest BCUT2D eigenvalue weighted by molar-refractivity contribution is 0.0544. The van der Waals surface area contributed by atoms with Crippen LogP contribution in [-0.4, -0.2) is 24.4 Å². The largest absolute Gasteiger partial charge is 0.491 e. The second-order valence-electron chi connectivity index (χ2n) is 4.13. The van der Waals surface area contributed by atoms with Gasteiger partial charge in [0, 0.05) is 10.6 Å². The number of hydrogen-bond acceptors (Lipinski definition) is 3. The molecule has 4 heteroatoms. The fourth-order valence-corrected chi connectivity index (χ4v) is 1.59. The predicted octanol–water partition coefficient (Wildman–Crippen LogP) is 3.20. The van der Waals surface area contributed by atoms with Crippen LogP contribution in [0.5, 0.6) is 5.75 Å². The molecule has 0 aliphatic rings. The van der Waals surface area contributed by atoms with Crippen LogP contribution in [0.4, 0.5) is 0 Å². The minimum absolute atomic E-state index is 0.194. The lowest BCUT2D eigenvalue weighted by Crippen LogP contribution is -2.12. The van der Waals surface area contributed by atoms with Crippen LogP contribution in [0.3, 0.4) is 0 Å². The van der Waals surface area contributed by atoms with E-state index in [2.05, 4.69) is 0 Å². The molecule has 96 valence electrons. The summed E-state index contributed by atoms with van der Waals surface area (Å²) in [5.74, 6) is 0.650. The smallest absolute Gasteiger partial charge is 0.125 e. The molecule has 0 saturated carbocycles. The van der Waals surface area contributed by atoms with Crippen LogP contribution in [0.25, 0.3) is 0 Å². The molecule has 0 aliphatic carbocycles. The fraction of sp³-hybridized carbons (Fsp3) is 0.538. The van der Waals surface area contributed by atoms with Crippen LogP contribution in [-0.2, 0) is 4.74 Å². The first-order valence-electron chi connectivity index (χ1n) is 5.72. The zero-order chi connectivity index (χ0) is 12.8. The summed E-state index contributed by atoms with van der Waals surface area (Å²) in [6.07, 6.45) is -0.408. The number of aliphatic hydroxyl groups is 1. The molecule has 0 heterocycles. The first-order chi connectivity index (χ1) is 8.00. The summed E-state index contributed by atoms with van der Waals surface area (Å²) in [6.45, 7) is 6.62. The molecule has 0 unspecified atom stereocenters. The van der Waals surface area contributed by atoms with Crippen LogP contribution in [0.15, 0.2) is 18.2 Å². The Labute approximate surface area is 107 Å². The van der Waals surface area contributed by atoms with E-state index in [1.54, 1.807) is 25.1 Å². The predicted molar refractivity (Wildman–Crippen MR) is 68.7 cm³/mol. The number of rotatable bonds is 6. The van der Waals surface area contributed by atoms with Crippen LogP contribution < -0.4 is 4.74 Å². The summed E-state index contributed by atoms with van der Waals surface area (Å²) < 4.78 is 10.9. The summed E-state index contributed by atoms with van der Waals surface area (Å²) in [4.78, 5) is 0. The minimum Gasteiger partial charge on any atom is -0.491 e. The van der Waals surface area contributed by atoms with Crippen LogP contribution in [0.2, 0.25) is 5.02 Å². The zero-order valence-electron chi connectivity index (χ0n) is 10.4. The summed E-state index contributed by atoms with van der Waals surface area (Å²) in [5.41, 5.74) is 0.696. The van der Waals surface area contributed by atoms with Gasteiger partial charge in [0.25, 0.3) is 0 Å². The third kappa shape index (κ3) is 4.94. The van der Waals surface area contributed by atoms with Gasteiger partial charge in [-0.1, -0.05) is 11.6 Å². The van der Waals surface area contributed by atoms with E-state index in [0.717, 1.165) is 0 Å². The van der Waals surface area contributed by atoms with Gasteiger partial charge in [-0.15, -0.1) is 0 Å². The lowest BCUT2D eigenvalue weighted by Gasteiger charge is -2.14. The molecule has 17 heavy (non-hydrogen) atoms. The van der Waals surface area contributed by atoms with Crippen molar-refractivity contribution in [3.05, 3.63) is 28.8 Å². The summed E-state index contributed by atoms with van der Waals surface area (Å²) in [6, 6.07) is 5.22. The second kappa shape index (κ2) is 6.84. The van der Waals surface area contributed by atoms with Gasteiger partial charge in [0.15, 0.2) is 0 Å². The minimum atomic E-state index is -0.602. The molecule has 0 saturated heterocycles. The van der Waals surface area contributed by atoms with Gasteiger partial charge < -0.3 is 14.6 Å². The van der Waals surface area contributed by atoms with Gasteiger partial charge in [-0.3, -0.25) is 0 Å². The van der Waals surface area contributed by atoms with Gasteiger partial charge in [0.2, 0.25) is 0 Å². The van der Waals surface area contributed by atoms with Crippen molar-refractivity contribution >= 4 is 11.6 Å². The van der Waals surface area contributed by atoms with E-state index in [1.165, 1.54) is 0 Å². The highest BCUT2D eigenvalue weighted by molar-refractivity contribution is 6.30. The molecule has 0 aromatic heterocycles. The van der Waals surface area contributed by atoms with Crippen LogP contribution in [0.1, 0.15) is 32.4 Å². The third-order valence-electron chi connectivity index (χ3n) is 2.21. The van der Waals surface area contributed by atoms with Crippen molar-refractivity contribution in [1.29, 1.82) is 0 Å². The second-order valence-corrected chi connectivity index (χ2v) is 4.56. The Kier molecular flexibility index (Phi) is 5.75. The molecule has 1 aromatic carbocycles. The van der Waals surface area contributed by atoms with Crippen molar-refractivity contribution in [3.63, 3.8) is 0 Å². The number of halogens is 1. The van der Waals surface area contributed by atoms with Crippen molar-refractivity contribution in [1.82, 2.24) is 0 Å². The zero-order valence-corrected chi connectivity index (χ0v) is 11.2. The highest BCUT2D eigenvalue weighted by Gasteiger charge is 2.09. The SMILES string of the molecule is CC(C)OCCOc1ccc(Cl)cc1[C@@H](C)O. The van der Waals surface area contributed by atoms with Gasteiger partial charge in [-0.05, 0) is 39.0 Å². The third-order valence-corrected chi connectivity index (χ3v) is 2.45. The molecule has 1 atom stereocenters. The van der Waals surface area contributed by atoms with Crippen molar-refractivity contribution in [2.75, 3.05) is 13.2 Å². The Balaban J connectivity index is 2.58. The molecule has 0 fully saturated rings. The van der Waals surface area contributed by atoms with Crippen LogP contribution >= 0.6 is 11.6 Å². The number of benzene rings is 1. The fourth-order valence-electron chi connectivity index (χ4n) is 1.41. The van der Waals surface area contributed by atoms with Crippen molar-refractivity contribution in [3.8, 4) is 5.75 Å². The van der Waals surface area contributed by atoms with Gasteiger partial charge in [-0.25, -0.2) is 0 Å². The first kappa shape index (κ1) is 14.3. The number of aliphatic hydroxyl groups excluding tert-OH is 1. The van der Waals surface area contributed by atoms with Gasteiger partial charge in [0.1, 0.15) is 12.4 Å². The topological polar surface area (TPSA) is 38.7 Å². The maximum absolute atomic E-state index is 9.60. The van der Waals surface area contributed by atoms with Crippen molar-refractivity contribution in [2.24, 2.45) is 0 Å². The lowest BCUT2D eigenvalue weighted by atomic mass is 10.1. The molecule has 0 spiro atoms. The molecule has 0 radical (unpaired) electrons. The molecule has 1 N–H and O–H groups in total. The van der Waals surface area contributed by atoms with Crippen molar-refractivity contribution in [2.45, 2.75) is 33.0 Å². The van der Waals surface area contributed by atoms with E-state index in [1.807, 2.05) is 13.8 Å². The molecule has 1 rings (SSSR count). The van der Waals surface area contributed by atoms with E-state index < -0.39 is 6.10 Å². The Morgan fingerprint density at radius 1 is 1.24 bits per heavy atom. The van der Waals surface area contributed by atoms with Crippen LogP contribution in [0, 0.1) is 0 Å². The van der Waals surface area contributed by atoms with Gasteiger partial charge >= 0.3 is 0 Å². The molecule has 1 aromatic rings. The quantitative estimate of drug-likeness (QED) is 0.797. The molecule has 3 nitrogen and oxygen atoms in total. The monoisotopic (exact) mass is 258 g/mol. The Morgan fingerprint density at radius 2 is 1.94 bits per heavy atom. The maximum atomic E-state index is 9.60. The first-order valence-corrected chi connectivity index (χ1v) is 6.10. The van der Waals surface area contributed by atoms with E-state index in [4.69, 9.17) is 21.1 Å². The standard InChI is InChI=1S/C13H19ClO3/c1-9(2)16-6-7-17-13-5-4-11(14)8-12(13)10(3)15/h4-5,8-10,15H,6-7H2,1-3H3/t10-/m1/s1. The molecule has 0 aliphatic heterocycles. The Morgan fingerprint density at radius 3 is 2.53 bits per heavy atom. The molecule has 0 amide bonds. The molecule has 0 bridgehead atoms. The van der Waals surface area contributed by atoms with E-state index in [0.29, 0.717) is 29.5 Å². The average Bonchev–Trinajstić information content (AvgIpc) is 2.25. The molecular weight excluding hydrogens is 240 g/mol. The Hall–Kier alpha value is -0.770. The highest BCUT2D eigenvalue weighted by Crippen LogP contribution is 2.28. The Bertz CT molecular complexity index is 351.